The fraction of sp³-hybridized carbons (Fsp3) is 0.389. The number of ether oxygens (including phenoxy) is 1. The second-order valence-electron chi connectivity index (χ2n) is 6.06. The SMILES string of the molecule is COc1cc(N2CCN(C(=O)c3ccc(C)c(F)c3)CC2)nc(C)n1. The maximum atomic E-state index is 13.7. The van der Waals surface area contributed by atoms with Crippen LogP contribution in [0.25, 0.3) is 0 Å². The standard InChI is InChI=1S/C18H21FN4O2/c1-12-4-5-14(10-15(12)19)18(24)23-8-6-22(7-9-23)16-11-17(25-3)21-13(2)20-16/h4-5,10-11H,6-9H2,1-3H3. The molecule has 132 valence electrons. The molecule has 1 aliphatic rings. The molecule has 0 radical (unpaired) electrons. The van der Waals surface area contributed by atoms with E-state index in [2.05, 4.69) is 14.9 Å². The van der Waals surface area contributed by atoms with Crippen LogP contribution in [0, 0.1) is 19.7 Å². The summed E-state index contributed by atoms with van der Waals surface area (Å²) in [5.74, 6) is 1.46. The Morgan fingerprint density at radius 3 is 2.48 bits per heavy atom. The molecule has 1 aromatic carbocycles. The molecule has 0 spiro atoms. The first-order valence-corrected chi connectivity index (χ1v) is 8.18. The van der Waals surface area contributed by atoms with Crippen molar-refractivity contribution in [2.45, 2.75) is 13.8 Å². The molecule has 1 fully saturated rings. The van der Waals surface area contributed by atoms with E-state index < -0.39 is 0 Å². The third-order valence-electron chi connectivity index (χ3n) is 4.32. The Kier molecular flexibility index (Phi) is 4.83. The monoisotopic (exact) mass is 344 g/mol. The number of nitrogens with zero attached hydrogens (tertiary/aromatic N) is 4. The van der Waals surface area contributed by atoms with Gasteiger partial charge in [0.15, 0.2) is 0 Å². The van der Waals surface area contributed by atoms with Crippen molar-refractivity contribution in [1.29, 1.82) is 0 Å². The first kappa shape index (κ1) is 17.1. The van der Waals surface area contributed by atoms with E-state index in [1.165, 1.54) is 6.07 Å². The Balaban J connectivity index is 1.68. The summed E-state index contributed by atoms with van der Waals surface area (Å²) in [6.45, 7) is 5.91. The Morgan fingerprint density at radius 2 is 1.84 bits per heavy atom. The minimum atomic E-state index is -0.354. The van der Waals surface area contributed by atoms with Gasteiger partial charge in [0.1, 0.15) is 17.5 Å². The van der Waals surface area contributed by atoms with Gasteiger partial charge in [-0.1, -0.05) is 6.07 Å². The zero-order valence-corrected chi connectivity index (χ0v) is 14.6. The van der Waals surface area contributed by atoms with Crippen LogP contribution in [0.5, 0.6) is 5.88 Å². The molecule has 1 amide bonds. The highest BCUT2D eigenvalue weighted by Gasteiger charge is 2.24. The quantitative estimate of drug-likeness (QED) is 0.854. The summed E-state index contributed by atoms with van der Waals surface area (Å²) in [4.78, 5) is 25.0. The number of aromatic nitrogens is 2. The molecule has 3 rings (SSSR count). The van der Waals surface area contributed by atoms with Crippen LogP contribution in [0.3, 0.4) is 0 Å². The zero-order chi connectivity index (χ0) is 18.0. The number of hydrogen-bond donors (Lipinski definition) is 0. The van der Waals surface area contributed by atoms with Crippen molar-refractivity contribution in [3.63, 3.8) is 0 Å². The summed E-state index contributed by atoms with van der Waals surface area (Å²) in [6.07, 6.45) is 0. The van der Waals surface area contributed by atoms with Gasteiger partial charge in [0, 0.05) is 37.8 Å². The van der Waals surface area contributed by atoms with Crippen LogP contribution in [0.4, 0.5) is 10.2 Å². The molecule has 0 bridgehead atoms. The summed E-state index contributed by atoms with van der Waals surface area (Å²) in [5.41, 5.74) is 0.922. The van der Waals surface area contributed by atoms with Crippen molar-refractivity contribution < 1.29 is 13.9 Å². The number of carbonyl (C=O) groups is 1. The molecule has 7 heteroatoms. The lowest BCUT2D eigenvalue weighted by atomic mass is 10.1. The maximum Gasteiger partial charge on any atom is 0.254 e. The summed E-state index contributed by atoms with van der Waals surface area (Å²) in [5, 5.41) is 0. The molecule has 0 aliphatic carbocycles. The molecule has 1 aromatic heterocycles. The smallest absolute Gasteiger partial charge is 0.254 e. The summed E-state index contributed by atoms with van der Waals surface area (Å²) in [6, 6.07) is 6.41. The number of benzene rings is 1. The van der Waals surface area contributed by atoms with Gasteiger partial charge in [-0.2, -0.15) is 4.98 Å². The van der Waals surface area contributed by atoms with Gasteiger partial charge in [-0.05, 0) is 31.5 Å². The van der Waals surface area contributed by atoms with Crippen molar-refractivity contribution >= 4 is 11.7 Å². The van der Waals surface area contributed by atoms with Crippen molar-refractivity contribution in [2.24, 2.45) is 0 Å². The fourth-order valence-corrected chi connectivity index (χ4v) is 2.84. The van der Waals surface area contributed by atoms with Gasteiger partial charge in [0.05, 0.1) is 7.11 Å². The second-order valence-corrected chi connectivity index (χ2v) is 6.06. The summed E-state index contributed by atoms with van der Waals surface area (Å²) in [7, 11) is 1.57. The number of halogens is 1. The van der Waals surface area contributed by atoms with Crippen molar-refractivity contribution in [1.82, 2.24) is 14.9 Å². The number of carbonyl (C=O) groups excluding carboxylic acids is 1. The highest BCUT2D eigenvalue weighted by atomic mass is 19.1. The molecule has 0 unspecified atom stereocenters. The Labute approximate surface area is 146 Å². The number of anilines is 1. The van der Waals surface area contributed by atoms with Crippen molar-refractivity contribution in [3.8, 4) is 5.88 Å². The maximum absolute atomic E-state index is 13.7. The molecule has 0 saturated carbocycles. The fourth-order valence-electron chi connectivity index (χ4n) is 2.84. The predicted octanol–water partition coefficient (Wildman–Crippen LogP) is 2.20. The van der Waals surface area contributed by atoms with E-state index in [0.717, 1.165) is 5.82 Å². The Morgan fingerprint density at radius 1 is 1.12 bits per heavy atom. The number of piperazine rings is 1. The van der Waals surface area contributed by atoms with Gasteiger partial charge < -0.3 is 14.5 Å². The van der Waals surface area contributed by atoms with E-state index in [-0.39, 0.29) is 11.7 Å². The number of hydrogen-bond acceptors (Lipinski definition) is 5. The summed E-state index contributed by atoms with van der Waals surface area (Å²) >= 11 is 0. The molecule has 25 heavy (non-hydrogen) atoms. The predicted molar refractivity (Wildman–Crippen MR) is 92.6 cm³/mol. The van der Waals surface area contributed by atoms with Crippen LogP contribution in [-0.2, 0) is 0 Å². The largest absolute Gasteiger partial charge is 0.481 e. The lowest BCUT2D eigenvalue weighted by Crippen LogP contribution is -2.49. The second kappa shape index (κ2) is 7.04. The number of methoxy groups -OCH3 is 1. The first-order valence-electron chi connectivity index (χ1n) is 8.18. The van der Waals surface area contributed by atoms with Gasteiger partial charge in [-0.15, -0.1) is 0 Å². The van der Waals surface area contributed by atoms with Crippen LogP contribution in [0.1, 0.15) is 21.7 Å². The van der Waals surface area contributed by atoms with Crippen LogP contribution in [-0.4, -0.2) is 54.1 Å². The van der Waals surface area contributed by atoms with Crippen molar-refractivity contribution in [2.75, 3.05) is 38.2 Å². The topological polar surface area (TPSA) is 58.6 Å². The van der Waals surface area contributed by atoms with Gasteiger partial charge in [-0.3, -0.25) is 4.79 Å². The molecule has 0 N–H and O–H groups in total. The lowest BCUT2D eigenvalue weighted by Gasteiger charge is -2.35. The lowest BCUT2D eigenvalue weighted by molar-refractivity contribution is 0.0746. The normalized spacial score (nSPS) is 14.6. The van der Waals surface area contributed by atoms with Crippen molar-refractivity contribution in [3.05, 3.63) is 47.0 Å². The summed E-state index contributed by atoms with van der Waals surface area (Å²) < 4.78 is 18.9. The number of amides is 1. The molecule has 6 nitrogen and oxygen atoms in total. The molecule has 1 saturated heterocycles. The van der Waals surface area contributed by atoms with Gasteiger partial charge in [0.2, 0.25) is 5.88 Å². The van der Waals surface area contributed by atoms with E-state index in [1.54, 1.807) is 37.1 Å². The van der Waals surface area contributed by atoms with Gasteiger partial charge in [0.25, 0.3) is 5.91 Å². The highest BCUT2D eigenvalue weighted by Crippen LogP contribution is 2.20. The average Bonchev–Trinajstić information content (AvgIpc) is 2.63. The average molecular weight is 344 g/mol. The minimum Gasteiger partial charge on any atom is -0.481 e. The van der Waals surface area contributed by atoms with E-state index in [1.807, 2.05) is 6.92 Å². The van der Waals surface area contributed by atoms with Crippen LogP contribution in [0.15, 0.2) is 24.3 Å². The van der Waals surface area contributed by atoms with Crippen LogP contribution >= 0.6 is 0 Å². The molecule has 1 aliphatic heterocycles. The minimum absolute atomic E-state index is 0.144. The van der Waals surface area contributed by atoms with Crippen LogP contribution in [0.2, 0.25) is 0 Å². The van der Waals surface area contributed by atoms with Gasteiger partial charge in [-0.25, -0.2) is 9.37 Å². The molecular weight excluding hydrogens is 323 g/mol. The van der Waals surface area contributed by atoms with E-state index in [9.17, 15) is 9.18 Å². The molecule has 2 aromatic rings. The molecule has 2 heterocycles. The molecule has 0 atom stereocenters. The number of rotatable bonds is 3. The van der Waals surface area contributed by atoms with Crippen LogP contribution < -0.4 is 9.64 Å². The third kappa shape index (κ3) is 3.70. The third-order valence-corrected chi connectivity index (χ3v) is 4.32. The Bertz CT molecular complexity index is 789. The highest BCUT2D eigenvalue weighted by molar-refractivity contribution is 5.94. The number of aryl methyl sites for hydroxylation is 2. The van der Waals surface area contributed by atoms with E-state index >= 15 is 0 Å². The molecular formula is C18H21FN4O2. The van der Waals surface area contributed by atoms with E-state index in [4.69, 9.17) is 4.74 Å². The van der Waals surface area contributed by atoms with E-state index in [0.29, 0.717) is 49.0 Å². The first-order chi connectivity index (χ1) is 12.0. The Hall–Kier alpha value is -2.70. The van der Waals surface area contributed by atoms with Gasteiger partial charge >= 0.3 is 0 Å². The zero-order valence-electron chi connectivity index (χ0n) is 14.6.